The number of carbonyl (C=O) groups excluding carboxylic acids is 1. The van der Waals surface area contributed by atoms with Gasteiger partial charge in [0, 0.05) is 18.1 Å². The third-order valence-electron chi connectivity index (χ3n) is 4.85. The van der Waals surface area contributed by atoms with E-state index in [1.54, 1.807) is 0 Å². The molecule has 4 atom stereocenters. The number of aliphatic hydroxyl groups excluding tert-OH is 1. The summed E-state index contributed by atoms with van der Waals surface area (Å²) in [5.74, 6) is 0.322. The van der Waals surface area contributed by atoms with Gasteiger partial charge in [-0.25, -0.2) is 0 Å². The predicted molar refractivity (Wildman–Crippen MR) is 64.2 cm³/mol. The zero-order chi connectivity index (χ0) is 12.0. The smallest absolute Gasteiger partial charge is 0.227 e. The van der Waals surface area contributed by atoms with Crippen LogP contribution in [-0.4, -0.2) is 40.1 Å². The molecule has 1 saturated carbocycles. The first-order valence-corrected chi connectivity index (χ1v) is 6.92. The molecule has 0 spiro atoms. The zero-order valence-electron chi connectivity index (χ0n) is 10.2. The first-order valence-electron chi connectivity index (χ1n) is 6.92. The van der Waals surface area contributed by atoms with Crippen LogP contribution in [0.4, 0.5) is 0 Å². The van der Waals surface area contributed by atoms with Gasteiger partial charge in [-0.05, 0) is 38.5 Å². The Bertz CT molecular complexity index is 307. The van der Waals surface area contributed by atoms with Gasteiger partial charge in [0.05, 0.1) is 12.0 Å². The molecule has 1 aliphatic carbocycles. The molecule has 0 aromatic heterocycles. The van der Waals surface area contributed by atoms with Gasteiger partial charge >= 0.3 is 0 Å². The van der Waals surface area contributed by atoms with Crippen LogP contribution >= 0.6 is 0 Å². The fourth-order valence-electron chi connectivity index (χ4n) is 3.99. The second-order valence-electron chi connectivity index (χ2n) is 5.96. The van der Waals surface area contributed by atoms with Gasteiger partial charge in [0.1, 0.15) is 0 Å². The summed E-state index contributed by atoms with van der Waals surface area (Å²) < 4.78 is 0. The molecule has 3 rings (SSSR count). The SMILES string of the molecule is NC1CCCC1C(=O)N1C2CCC1CC(O)C2. The van der Waals surface area contributed by atoms with Gasteiger partial charge in [-0.1, -0.05) is 6.42 Å². The van der Waals surface area contributed by atoms with E-state index in [4.69, 9.17) is 5.73 Å². The Balaban J connectivity index is 1.74. The number of aliphatic hydroxyl groups is 1. The van der Waals surface area contributed by atoms with E-state index in [0.29, 0.717) is 0 Å². The van der Waals surface area contributed by atoms with E-state index in [0.717, 1.165) is 44.9 Å². The van der Waals surface area contributed by atoms with Crippen LogP contribution in [0.2, 0.25) is 0 Å². The van der Waals surface area contributed by atoms with Gasteiger partial charge in [-0.3, -0.25) is 4.79 Å². The molecule has 0 aromatic carbocycles. The molecule has 17 heavy (non-hydrogen) atoms. The van der Waals surface area contributed by atoms with E-state index >= 15 is 0 Å². The van der Waals surface area contributed by atoms with Crippen LogP contribution in [0.25, 0.3) is 0 Å². The minimum atomic E-state index is -0.200. The lowest BCUT2D eigenvalue weighted by atomic mass is 9.95. The third-order valence-corrected chi connectivity index (χ3v) is 4.85. The van der Waals surface area contributed by atoms with Crippen LogP contribution in [0.1, 0.15) is 44.9 Å². The van der Waals surface area contributed by atoms with Crippen LogP contribution < -0.4 is 5.73 Å². The van der Waals surface area contributed by atoms with Crippen LogP contribution in [-0.2, 0) is 4.79 Å². The molecule has 2 bridgehead atoms. The minimum absolute atomic E-state index is 0.0494. The maximum atomic E-state index is 12.5. The van der Waals surface area contributed by atoms with Crippen LogP contribution in [0.5, 0.6) is 0 Å². The maximum absolute atomic E-state index is 12.5. The van der Waals surface area contributed by atoms with Gasteiger partial charge in [0.25, 0.3) is 0 Å². The van der Waals surface area contributed by atoms with Gasteiger partial charge in [0.15, 0.2) is 0 Å². The largest absolute Gasteiger partial charge is 0.393 e. The maximum Gasteiger partial charge on any atom is 0.227 e. The Morgan fingerprint density at radius 2 is 1.76 bits per heavy atom. The van der Waals surface area contributed by atoms with Crippen molar-refractivity contribution in [3.8, 4) is 0 Å². The first-order chi connectivity index (χ1) is 8.16. The van der Waals surface area contributed by atoms with Crippen LogP contribution in [0, 0.1) is 5.92 Å². The van der Waals surface area contributed by atoms with Gasteiger partial charge < -0.3 is 15.7 Å². The molecule has 96 valence electrons. The Kier molecular flexibility index (Phi) is 2.87. The Hall–Kier alpha value is -0.610. The lowest BCUT2D eigenvalue weighted by Gasteiger charge is -2.39. The highest BCUT2D eigenvalue weighted by Gasteiger charge is 2.45. The summed E-state index contributed by atoms with van der Waals surface area (Å²) in [6.07, 6.45) is 6.50. The average molecular weight is 238 g/mol. The van der Waals surface area contributed by atoms with E-state index in [1.165, 1.54) is 0 Å². The van der Waals surface area contributed by atoms with E-state index in [9.17, 15) is 9.90 Å². The predicted octanol–water partition coefficient (Wildman–Crippen LogP) is 0.628. The van der Waals surface area contributed by atoms with Crippen molar-refractivity contribution in [2.75, 3.05) is 0 Å². The molecule has 3 N–H and O–H groups in total. The quantitative estimate of drug-likeness (QED) is 0.704. The fraction of sp³-hybridized carbons (Fsp3) is 0.923. The highest BCUT2D eigenvalue weighted by atomic mass is 16.3. The number of rotatable bonds is 1. The molecule has 4 nitrogen and oxygen atoms in total. The minimum Gasteiger partial charge on any atom is -0.393 e. The van der Waals surface area contributed by atoms with Crippen LogP contribution in [0.3, 0.4) is 0 Å². The molecule has 2 saturated heterocycles. The number of amides is 1. The van der Waals surface area contributed by atoms with E-state index < -0.39 is 0 Å². The second kappa shape index (κ2) is 4.25. The summed E-state index contributed by atoms with van der Waals surface area (Å²) >= 11 is 0. The normalized spacial score (nSPS) is 45.3. The molecule has 4 unspecified atom stereocenters. The first kappa shape index (κ1) is 11.5. The summed E-state index contributed by atoms with van der Waals surface area (Å²) in [4.78, 5) is 14.6. The summed E-state index contributed by atoms with van der Waals surface area (Å²) in [6.45, 7) is 0. The van der Waals surface area contributed by atoms with E-state index in [-0.39, 0.29) is 36.1 Å². The number of hydrogen-bond acceptors (Lipinski definition) is 3. The van der Waals surface area contributed by atoms with E-state index in [2.05, 4.69) is 4.90 Å². The van der Waals surface area contributed by atoms with Crippen molar-refractivity contribution in [2.24, 2.45) is 11.7 Å². The topological polar surface area (TPSA) is 66.6 Å². The van der Waals surface area contributed by atoms with Crippen molar-refractivity contribution in [3.63, 3.8) is 0 Å². The summed E-state index contributed by atoms with van der Waals surface area (Å²) in [6, 6.07) is 0.627. The lowest BCUT2D eigenvalue weighted by Crippen LogP contribution is -2.52. The number of hydrogen-bond donors (Lipinski definition) is 2. The van der Waals surface area contributed by atoms with Crippen molar-refractivity contribution < 1.29 is 9.90 Å². The molecule has 2 heterocycles. The molecule has 2 aliphatic heterocycles. The monoisotopic (exact) mass is 238 g/mol. The molecule has 4 heteroatoms. The molecular weight excluding hydrogens is 216 g/mol. The van der Waals surface area contributed by atoms with Crippen molar-refractivity contribution in [3.05, 3.63) is 0 Å². The molecule has 3 aliphatic rings. The molecular formula is C13H22N2O2. The average Bonchev–Trinajstić information content (AvgIpc) is 2.81. The van der Waals surface area contributed by atoms with Gasteiger partial charge in [0.2, 0.25) is 5.91 Å². The van der Waals surface area contributed by atoms with E-state index in [1.807, 2.05) is 0 Å². The molecule has 0 aromatic rings. The van der Waals surface area contributed by atoms with Crippen molar-refractivity contribution in [2.45, 2.75) is 69.2 Å². The van der Waals surface area contributed by atoms with Crippen molar-refractivity contribution in [1.82, 2.24) is 4.90 Å². The van der Waals surface area contributed by atoms with Crippen molar-refractivity contribution in [1.29, 1.82) is 0 Å². The Morgan fingerprint density at radius 3 is 2.29 bits per heavy atom. The number of nitrogens with zero attached hydrogens (tertiary/aromatic N) is 1. The molecule has 3 fully saturated rings. The van der Waals surface area contributed by atoms with Gasteiger partial charge in [-0.15, -0.1) is 0 Å². The Labute approximate surface area is 102 Å². The van der Waals surface area contributed by atoms with Crippen molar-refractivity contribution >= 4 is 5.91 Å². The second-order valence-corrected chi connectivity index (χ2v) is 5.96. The Morgan fingerprint density at radius 1 is 1.12 bits per heavy atom. The summed E-state index contributed by atoms with van der Waals surface area (Å²) in [5.41, 5.74) is 6.03. The number of nitrogens with two attached hydrogens (primary N) is 1. The van der Waals surface area contributed by atoms with Crippen LogP contribution in [0.15, 0.2) is 0 Å². The van der Waals surface area contributed by atoms with Gasteiger partial charge in [-0.2, -0.15) is 0 Å². The highest BCUT2D eigenvalue weighted by Crippen LogP contribution is 2.38. The fourth-order valence-corrected chi connectivity index (χ4v) is 3.99. The zero-order valence-corrected chi connectivity index (χ0v) is 10.2. The standard InChI is InChI=1S/C13H22N2O2/c14-12-3-1-2-11(12)13(17)15-8-4-5-9(15)7-10(16)6-8/h8-12,16H,1-7,14H2. The molecule has 1 amide bonds. The summed E-state index contributed by atoms with van der Waals surface area (Å²) in [7, 11) is 0. The number of piperidine rings is 1. The highest BCUT2D eigenvalue weighted by molar-refractivity contribution is 5.81. The molecule has 0 radical (unpaired) electrons. The summed E-state index contributed by atoms with van der Waals surface area (Å²) in [5, 5.41) is 9.74. The lowest BCUT2D eigenvalue weighted by molar-refractivity contribution is -0.142. The number of fused-ring (bicyclic) bond motifs is 2. The number of carbonyl (C=O) groups is 1. The third kappa shape index (κ3) is 1.87.